The van der Waals surface area contributed by atoms with Crippen molar-refractivity contribution in [3.8, 4) is 5.75 Å². The molecule has 2 aromatic rings. The summed E-state index contributed by atoms with van der Waals surface area (Å²) in [6.45, 7) is 6.21. The lowest BCUT2D eigenvalue weighted by Gasteiger charge is -2.30. The van der Waals surface area contributed by atoms with Crippen molar-refractivity contribution >= 4 is 27.7 Å². The number of aryl methyl sites for hydroxylation is 3. The van der Waals surface area contributed by atoms with Gasteiger partial charge < -0.3 is 4.74 Å². The summed E-state index contributed by atoms with van der Waals surface area (Å²) in [5.41, 5.74) is 3.74. The predicted molar refractivity (Wildman–Crippen MR) is 84.9 cm³/mol. The first-order valence-corrected chi connectivity index (χ1v) is 7.64. The average Bonchev–Trinajstić information content (AvgIpc) is 2.44. The molecule has 2 aromatic heterocycles. The Labute approximate surface area is 136 Å². The summed E-state index contributed by atoms with van der Waals surface area (Å²) in [5, 5.41) is 8.00. The second-order valence-corrected chi connectivity index (χ2v) is 6.09. The number of hydrogen-bond donors (Lipinski definition) is 0. The van der Waals surface area contributed by atoms with Crippen LogP contribution in [0.25, 0.3) is 0 Å². The summed E-state index contributed by atoms with van der Waals surface area (Å²) in [6.07, 6.45) is 1.70. The Morgan fingerprint density at radius 1 is 1.32 bits per heavy atom. The van der Waals surface area contributed by atoms with E-state index in [0.29, 0.717) is 22.7 Å². The van der Waals surface area contributed by atoms with Crippen molar-refractivity contribution in [2.75, 3.05) is 11.5 Å². The van der Waals surface area contributed by atoms with Crippen LogP contribution in [0.4, 0.5) is 5.82 Å². The predicted octanol–water partition coefficient (Wildman–Crippen LogP) is 2.48. The lowest BCUT2D eigenvalue weighted by Crippen LogP contribution is -2.39. The minimum Gasteiger partial charge on any atom is -0.480 e. The van der Waals surface area contributed by atoms with Crippen molar-refractivity contribution in [1.82, 2.24) is 15.2 Å². The molecular formula is C15H15BrN4O2. The number of rotatable bonds is 2. The molecule has 0 aromatic carbocycles. The zero-order valence-electron chi connectivity index (χ0n) is 12.6. The van der Waals surface area contributed by atoms with Gasteiger partial charge in [-0.2, -0.15) is 10.2 Å². The molecule has 0 radical (unpaired) electrons. The van der Waals surface area contributed by atoms with Gasteiger partial charge in [0.2, 0.25) is 0 Å². The number of ether oxygens (including phenoxy) is 1. The summed E-state index contributed by atoms with van der Waals surface area (Å²) < 4.78 is 6.22. The summed E-state index contributed by atoms with van der Waals surface area (Å²) in [5.74, 6) is 1.08. The van der Waals surface area contributed by atoms with Crippen molar-refractivity contribution in [3.63, 3.8) is 0 Å². The molecule has 7 heteroatoms. The minimum atomic E-state index is -0.117. The van der Waals surface area contributed by atoms with E-state index in [4.69, 9.17) is 4.74 Å². The van der Waals surface area contributed by atoms with Crippen LogP contribution < -0.4 is 9.64 Å². The van der Waals surface area contributed by atoms with Gasteiger partial charge in [-0.05, 0) is 59.5 Å². The first-order valence-electron chi connectivity index (χ1n) is 6.85. The van der Waals surface area contributed by atoms with Gasteiger partial charge in [0, 0.05) is 0 Å². The van der Waals surface area contributed by atoms with Crippen LogP contribution in [0.15, 0.2) is 16.9 Å². The maximum Gasteiger partial charge on any atom is 0.266 e. The molecule has 0 bridgehead atoms. The third-order valence-corrected chi connectivity index (χ3v) is 4.10. The van der Waals surface area contributed by atoms with Crippen LogP contribution >= 0.6 is 15.9 Å². The standard InChI is InChI=1S/C15H15BrN4O2/c1-8-4-12(16)18-15-14(8)22-7-13(21)20(15)6-11-9(2)5-17-19-10(11)3/h4-5H,6-7H2,1-3H3. The summed E-state index contributed by atoms with van der Waals surface area (Å²) in [7, 11) is 0. The maximum atomic E-state index is 12.3. The molecule has 0 aliphatic carbocycles. The first kappa shape index (κ1) is 14.9. The first-order chi connectivity index (χ1) is 10.5. The second-order valence-electron chi connectivity index (χ2n) is 5.27. The van der Waals surface area contributed by atoms with Gasteiger partial charge in [0.05, 0.1) is 18.4 Å². The van der Waals surface area contributed by atoms with Crippen molar-refractivity contribution in [2.24, 2.45) is 0 Å². The summed E-state index contributed by atoms with van der Waals surface area (Å²) in [6, 6.07) is 1.87. The van der Waals surface area contributed by atoms with E-state index >= 15 is 0 Å². The van der Waals surface area contributed by atoms with Crippen LogP contribution in [0.3, 0.4) is 0 Å². The number of carbonyl (C=O) groups excluding carboxylic acids is 1. The number of carbonyl (C=O) groups is 1. The molecule has 3 rings (SSSR count). The fourth-order valence-corrected chi connectivity index (χ4v) is 2.99. The number of aromatic nitrogens is 3. The number of nitrogens with zero attached hydrogens (tertiary/aromatic N) is 4. The number of amides is 1. The van der Waals surface area contributed by atoms with Gasteiger partial charge in [-0.1, -0.05) is 0 Å². The zero-order chi connectivity index (χ0) is 15.9. The lowest BCUT2D eigenvalue weighted by molar-refractivity contribution is -0.121. The normalized spacial score (nSPS) is 13.8. The molecule has 1 amide bonds. The minimum absolute atomic E-state index is 0.0216. The van der Waals surface area contributed by atoms with E-state index in [1.165, 1.54) is 0 Å². The Kier molecular flexibility index (Phi) is 3.82. The monoisotopic (exact) mass is 362 g/mol. The third-order valence-electron chi connectivity index (χ3n) is 3.69. The highest BCUT2D eigenvalue weighted by Crippen LogP contribution is 2.36. The van der Waals surface area contributed by atoms with E-state index in [1.807, 2.05) is 26.8 Å². The Balaban J connectivity index is 2.07. The molecule has 0 fully saturated rings. The lowest BCUT2D eigenvalue weighted by atomic mass is 10.1. The molecule has 0 spiro atoms. The van der Waals surface area contributed by atoms with E-state index in [9.17, 15) is 4.79 Å². The quantitative estimate of drug-likeness (QED) is 0.767. The number of pyridine rings is 1. The highest BCUT2D eigenvalue weighted by Gasteiger charge is 2.29. The summed E-state index contributed by atoms with van der Waals surface area (Å²) >= 11 is 3.38. The fraction of sp³-hybridized carbons (Fsp3) is 0.333. The average molecular weight is 363 g/mol. The Bertz CT molecular complexity index is 743. The van der Waals surface area contributed by atoms with Crippen LogP contribution in [0.1, 0.15) is 22.4 Å². The molecule has 1 aliphatic heterocycles. The molecule has 22 heavy (non-hydrogen) atoms. The van der Waals surface area contributed by atoms with Crippen LogP contribution in [0, 0.1) is 20.8 Å². The smallest absolute Gasteiger partial charge is 0.266 e. The van der Waals surface area contributed by atoms with Crippen molar-refractivity contribution < 1.29 is 9.53 Å². The Hall–Kier alpha value is -2.02. The molecule has 114 valence electrons. The molecule has 3 heterocycles. The van der Waals surface area contributed by atoms with Gasteiger partial charge in [0.1, 0.15) is 4.60 Å². The molecule has 0 saturated heterocycles. The van der Waals surface area contributed by atoms with Crippen LogP contribution in [0.5, 0.6) is 5.75 Å². The van der Waals surface area contributed by atoms with Gasteiger partial charge in [0.25, 0.3) is 5.91 Å². The highest BCUT2D eigenvalue weighted by molar-refractivity contribution is 9.10. The molecular weight excluding hydrogens is 348 g/mol. The molecule has 1 aliphatic rings. The number of anilines is 1. The van der Waals surface area contributed by atoms with Crippen LogP contribution in [-0.2, 0) is 11.3 Å². The SMILES string of the molecule is Cc1cnnc(C)c1CN1C(=O)COc2c(C)cc(Br)nc21. The van der Waals surface area contributed by atoms with Gasteiger partial charge in [0.15, 0.2) is 18.2 Å². The van der Waals surface area contributed by atoms with Gasteiger partial charge in [-0.25, -0.2) is 4.98 Å². The molecule has 0 unspecified atom stereocenters. The van der Waals surface area contributed by atoms with E-state index in [1.54, 1.807) is 11.1 Å². The van der Waals surface area contributed by atoms with E-state index in [0.717, 1.165) is 22.4 Å². The van der Waals surface area contributed by atoms with Gasteiger partial charge in [-0.15, -0.1) is 0 Å². The van der Waals surface area contributed by atoms with Crippen LogP contribution in [-0.4, -0.2) is 27.7 Å². The van der Waals surface area contributed by atoms with Gasteiger partial charge >= 0.3 is 0 Å². The Morgan fingerprint density at radius 3 is 2.82 bits per heavy atom. The van der Waals surface area contributed by atoms with E-state index in [-0.39, 0.29) is 12.5 Å². The van der Waals surface area contributed by atoms with Crippen molar-refractivity contribution in [3.05, 3.63) is 39.3 Å². The fourth-order valence-electron chi connectivity index (χ4n) is 2.48. The number of hydrogen-bond acceptors (Lipinski definition) is 5. The Morgan fingerprint density at radius 2 is 2.09 bits per heavy atom. The number of fused-ring (bicyclic) bond motifs is 1. The summed E-state index contributed by atoms with van der Waals surface area (Å²) in [4.78, 5) is 18.4. The molecule has 0 N–H and O–H groups in total. The third kappa shape index (κ3) is 2.56. The second kappa shape index (κ2) is 5.64. The molecule has 0 atom stereocenters. The topological polar surface area (TPSA) is 68.2 Å². The highest BCUT2D eigenvalue weighted by atomic mass is 79.9. The largest absolute Gasteiger partial charge is 0.480 e. The van der Waals surface area contributed by atoms with Crippen molar-refractivity contribution in [2.45, 2.75) is 27.3 Å². The maximum absolute atomic E-state index is 12.3. The van der Waals surface area contributed by atoms with Crippen LogP contribution in [0.2, 0.25) is 0 Å². The van der Waals surface area contributed by atoms with Gasteiger partial charge in [-0.3, -0.25) is 9.69 Å². The van der Waals surface area contributed by atoms with E-state index < -0.39 is 0 Å². The molecule has 0 saturated carbocycles. The van der Waals surface area contributed by atoms with E-state index in [2.05, 4.69) is 31.1 Å². The van der Waals surface area contributed by atoms with Crippen molar-refractivity contribution in [1.29, 1.82) is 0 Å². The number of halogens is 1. The molecule has 6 nitrogen and oxygen atoms in total. The zero-order valence-corrected chi connectivity index (χ0v) is 14.1.